The lowest BCUT2D eigenvalue weighted by molar-refractivity contribution is -0.153. The van der Waals surface area contributed by atoms with Gasteiger partial charge in [-0.3, -0.25) is 14.4 Å². The van der Waals surface area contributed by atoms with E-state index in [2.05, 4.69) is 10.6 Å². The Hall–Kier alpha value is -2.46. The summed E-state index contributed by atoms with van der Waals surface area (Å²) in [5.41, 5.74) is 0.927. The van der Waals surface area contributed by atoms with E-state index in [4.69, 9.17) is 4.74 Å². The standard InChI is InChI=1S/C18H25N3O6S/c1-13-6-8-14(9-7-13)28(25,26)21-10-4-3-5-15(21)18(24)27-12-17(23)20-11-16(22)19-2/h6-9,15H,3-5,10-12H2,1-2H3,(H,19,22)(H,20,23)/t15-/m0/s1. The van der Waals surface area contributed by atoms with E-state index in [0.29, 0.717) is 19.3 Å². The molecule has 2 N–H and O–H groups in total. The van der Waals surface area contributed by atoms with Crippen molar-refractivity contribution in [1.82, 2.24) is 14.9 Å². The number of hydrogen-bond donors (Lipinski definition) is 2. The average molecular weight is 411 g/mol. The minimum absolute atomic E-state index is 0.112. The number of esters is 1. The number of benzene rings is 1. The Morgan fingerprint density at radius 1 is 1.14 bits per heavy atom. The third-order valence-corrected chi connectivity index (χ3v) is 6.35. The summed E-state index contributed by atoms with van der Waals surface area (Å²) in [4.78, 5) is 35.4. The molecule has 1 fully saturated rings. The third-order valence-electron chi connectivity index (χ3n) is 4.42. The van der Waals surface area contributed by atoms with E-state index in [-0.39, 0.29) is 23.9 Å². The molecule has 1 aliphatic rings. The topological polar surface area (TPSA) is 122 Å². The lowest BCUT2D eigenvalue weighted by Gasteiger charge is -2.33. The number of amides is 2. The first kappa shape index (κ1) is 21.8. The second kappa shape index (κ2) is 9.65. The summed E-state index contributed by atoms with van der Waals surface area (Å²) in [5.74, 6) is -1.80. The minimum atomic E-state index is -3.86. The van der Waals surface area contributed by atoms with Crippen LogP contribution in [-0.4, -0.2) is 63.3 Å². The molecule has 2 rings (SSSR count). The van der Waals surface area contributed by atoms with Gasteiger partial charge in [0.05, 0.1) is 11.4 Å². The molecule has 9 nitrogen and oxygen atoms in total. The van der Waals surface area contributed by atoms with Gasteiger partial charge in [0.2, 0.25) is 15.9 Å². The molecule has 0 bridgehead atoms. The Morgan fingerprint density at radius 3 is 2.46 bits per heavy atom. The predicted molar refractivity (Wildman–Crippen MR) is 101 cm³/mol. The van der Waals surface area contributed by atoms with Gasteiger partial charge in [0.25, 0.3) is 5.91 Å². The fraction of sp³-hybridized carbons (Fsp3) is 0.500. The summed E-state index contributed by atoms with van der Waals surface area (Å²) in [6.45, 7) is 1.25. The molecule has 10 heteroatoms. The lowest BCUT2D eigenvalue weighted by atomic mass is 10.1. The van der Waals surface area contributed by atoms with Crippen LogP contribution >= 0.6 is 0 Å². The molecule has 0 spiro atoms. The number of aryl methyl sites for hydroxylation is 1. The van der Waals surface area contributed by atoms with Crippen molar-refractivity contribution < 1.29 is 27.5 Å². The van der Waals surface area contributed by atoms with Gasteiger partial charge in [-0.1, -0.05) is 17.7 Å². The number of nitrogens with zero attached hydrogens (tertiary/aromatic N) is 1. The number of piperidine rings is 1. The third kappa shape index (κ3) is 5.52. The number of hydrogen-bond acceptors (Lipinski definition) is 6. The van der Waals surface area contributed by atoms with E-state index < -0.39 is 34.5 Å². The largest absolute Gasteiger partial charge is 0.454 e. The van der Waals surface area contributed by atoms with Gasteiger partial charge < -0.3 is 15.4 Å². The summed E-state index contributed by atoms with van der Waals surface area (Å²) >= 11 is 0. The maximum atomic E-state index is 13.0. The monoisotopic (exact) mass is 411 g/mol. The fourth-order valence-electron chi connectivity index (χ4n) is 2.83. The van der Waals surface area contributed by atoms with Crippen LogP contribution in [0.3, 0.4) is 0 Å². The number of nitrogens with one attached hydrogen (secondary N) is 2. The number of likely N-dealkylation sites (N-methyl/N-ethyl adjacent to an activating group) is 1. The van der Waals surface area contributed by atoms with E-state index in [1.165, 1.54) is 19.2 Å². The van der Waals surface area contributed by atoms with Gasteiger partial charge >= 0.3 is 5.97 Å². The summed E-state index contributed by atoms with van der Waals surface area (Å²) < 4.78 is 32.1. The van der Waals surface area contributed by atoms with Crippen molar-refractivity contribution in [2.45, 2.75) is 37.1 Å². The first-order chi connectivity index (χ1) is 13.3. The number of ether oxygens (including phenoxy) is 1. The van der Waals surface area contributed by atoms with Gasteiger partial charge in [0.1, 0.15) is 6.04 Å². The van der Waals surface area contributed by atoms with Crippen LogP contribution in [0.5, 0.6) is 0 Å². The second-order valence-corrected chi connectivity index (χ2v) is 8.39. The van der Waals surface area contributed by atoms with Crippen molar-refractivity contribution in [3.63, 3.8) is 0 Å². The molecule has 0 radical (unpaired) electrons. The first-order valence-corrected chi connectivity index (χ1v) is 10.4. The quantitative estimate of drug-likeness (QED) is 0.607. The minimum Gasteiger partial charge on any atom is -0.454 e. The Labute approximate surface area is 164 Å². The smallest absolute Gasteiger partial charge is 0.324 e. The van der Waals surface area contributed by atoms with Crippen molar-refractivity contribution in [1.29, 1.82) is 0 Å². The first-order valence-electron chi connectivity index (χ1n) is 8.98. The molecular formula is C18H25N3O6S. The van der Waals surface area contributed by atoms with Crippen molar-refractivity contribution >= 4 is 27.8 Å². The van der Waals surface area contributed by atoms with Crippen molar-refractivity contribution in [3.05, 3.63) is 29.8 Å². The number of carbonyl (C=O) groups excluding carboxylic acids is 3. The zero-order chi connectivity index (χ0) is 20.7. The molecule has 28 heavy (non-hydrogen) atoms. The molecule has 1 atom stereocenters. The van der Waals surface area contributed by atoms with Crippen LogP contribution in [0.1, 0.15) is 24.8 Å². The summed E-state index contributed by atoms with van der Waals surface area (Å²) in [6.07, 6.45) is 1.65. The van der Waals surface area contributed by atoms with E-state index in [0.717, 1.165) is 9.87 Å². The molecule has 0 aromatic heterocycles. The molecule has 2 amide bonds. The van der Waals surface area contributed by atoms with Crippen LogP contribution < -0.4 is 10.6 Å². The molecule has 0 saturated carbocycles. The van der Waals surface area contributed by atoms with Crippen LogP contribution in [0.25, 0.3) is 0 Å². The highest BCUT2D eigenvalue weighted by Gasteiger charge is 2.38. The highest BCUT2D eigenvalue weighted by molar-refractivity contribution is 7.89. The average Bonchev–Trinajstić information content (AvgIpc) is 2.70. The Balaban J connectivity index is 2.03. The van der Waals surface area contributed by atoms with Crippen LogP contribution in [0.2, 0.25) is 0 Å². The fourth-order valence-corrected chi connectivity index (χ4v) is 4.47. The summed E-state index contributed by atoms with van der Waals surface area (Å²) in [6, 6.07) is 5.43. The summed E-state index contributed by atoms with van der Waals surface area (Å²) in [5, 5.41) is 4.65. The molecule has 0 unspecified atom stereocenters. The van der Waals surface area contributed by atoms with Gasteiger partial charge in [0, 0.05) is 13.6 Å². The van der Waals surface area contributed by atoms with Gasteiger partial charge in [-0.05, 0) is 38.3 Å². The Kier molecular flexibility index (Phi) is 7.53. The van der Waals surface area contributed by atoms with E-state index in [9.17, 15) is 22.8 Å². The van der Waals surface area contributed by atoms with E-state index in [1.807, 2.05) is 6.92 Å². The van der Waals surface area contributed by atoms with Crippen LogP contribution in [0.15, 0.2) is 29.2 Å². The van der Waals surface area contributed by atoms with Gasteiger partial charge in [-0.25, -0.2) is 8.42 Å². The van der Waals surface area contributed by atoms with Gasteiger partial charge in [-0.15, -0.1) is 0 Å². The Bertz CT molecular complexity index is 822. The molecule has 1 saturated heterocycles. The highest BCUT2D eigenvalue weighted by Crippen LogP contribution is 2.26. The predicted octanol–water partition coefficient (Wildman–Crippen LogP) is -0.0564. The maximum absolute atomic E-state index is 13.0. The molecule has 0 aliphatic carbocycles. The molecule has 1 heterocycles. The van der Waals surface area contributed by atoms with Crippen molar-refractivity contribution in [2.24, 2.45) is 0 Å². The van der Waals surface area contributed by atoms with E-state index >= 15 is 0 Å². The van der Waals surface area contributed by atoms with Crippen LogP contribution in [0, 0.1) is 6.92 Å². The maximum Gasteiger partial charge on any atom is 0.324 e. The normalized spacial score (nSPS) is 17.6. The van der Waals surface area contributed by atoms with Crippen LogP contribution in [-0.2, 0) is 29.1 Å². The molecule has 1 aromatic rings. The molecule has 154 valence electrons. The summed E-state index contributed by atoms with van der Waals surface area (Å²) in [7, 11) is -2.43. The number of sulfonamides is 1. The zero-order valence-electron chi connectivity index (χ0n) is 15.9. The van der Waals surface area contributed by atoms with E-state index in [1.54, 1.807) is 12.1 Å². The molecule has 1 aromatic carbocycles. The highest BCUT2D eigenvalue weighted by atomic mass is 32.2. The SMILES string of the molecule is CNC(=O)CNC(=O)COC(=O)[C@@H]1CCCCN1S(=O)(=O)c1ccc(C)cc1. The van der Waals surface area contributed by atoms with Crippen molar-refractivity contribution in [2.75, 3.05) is 26.7 Å². The lowest BCUT2D eigenvalue weighted by Crippen LogP contribution is -2.49. The van der Waals surface area contributed by atoms with Gasteiger partial charge in [0.15, 0.2) is 6.61 Å². The number of rotatable bonds is 7. The number of carbonyl (C=O) groups is 3. The van der Waals surface area contributed by atoms with Crippen LogP contribution in [0.4, 0.5) is 0 Å². The van der Waals surface area contributed by atoms with Gasteiger partial charge in [-0.2, -0.15) is 4.31 Å². The zero-order valence-corrected chi connectivity index (χ0v) is 16.8. The second-order valence-electron chi connectivity index (χ2n) is 6.50. The van der Waals surface area contributed by atoms with Crippen molar-refractivity contribution in [3.8, 4) is 0 Å². The Morgan fingerprint density at radius 2 is 1.82 bits per heavy atom. The molecular weight excluding hydrogens is 386 g/mol. The molecule has 1 aliphatic heterocycles.